The maximum absolute atomic E-state index is 5.10. The summed E-state index contributed by atoms with van der Waals surface area (Å²) in [6.07, 6.45) is 2.19. The first-order chi connectivity index (χ1) is 21.4. The van der Waals surface area contributed by atoms with Crippen LogP contribution >= 0.6 is 0 Å². The van der Waals surface area contributed by atoms with Crippen LogP contribution in [0.5, 0.6) is 0 Å². The first-order valence-corrected chi connectivity index (χ1v) is 15.8. The van der Waals surface area contributed by atoms with Gasteiger partial charge in [-0.25, -0.2) is 19.5 Å². The lowest BCUT2D eigenvalue weighted by atomic mass is 9.92. The number of pyridine rings is 2. The Bertz CT molecular complexity index is 2420. The topological polar surface area (TPSA) is 47.0 Å². The summed E-state index contributed by atoms with van der Waals surface area (Å²) >= 11 is 0. The Morgan fingerprint density at radius 2 is 1.36 bits per heavy atom. The Morgan fingerprint density at radius 3 is 2.04 bits per heavy atom. The summed E-state index contributed by atoms with van der Waals surface area (Å²) in [5, 5.41) is 6.26. The molecule has 0 N–H and O–H groups in total. The monoisotopic (exact) mass is 588 g/mol. The molecule has 0 saturated heterocycles. The molecule has 8 aromatic rings. The van der Waals surface area contributed by atoms with Gasteiger partial charge in [0.25, 0.3) is 0 Å². The van der Waals surface area contributed by atoms with Gasteiger partial charge in [-0.05, 0) is 47.2 Å². The van der Waals surface area contributed by atoms with Crippen LogP contribution in [0.2, 0.25) is 0 Å². The number of hydrogen-bond acceptors (Lipinski definition) is 3. The molecule has 8 rings (SSSR count). The van der Waals surface area contributed by atoms with Crippen LogP contribution in [0.15, 0.2) is 85.1 Å². The van der Waals surface area contributed by atoms with Gasteiger partial charge in [0, 0.05) is 33.2 Å². The first kappa shape index (κ1) is 27.6. The summed E-state index contributed by atoms with van der Waals surface area (Å²) in [5.41, 5.74) is 9.18. The highest BCUT2D eigenvalue weighted by atomic mass is 15.1. The highest BCUT2D eigenvalue weighted by Gasteiger charge is 2.28. The summed E-state index contributed by atoms with van der Waals surface area (Å²) in [6.45, 7) is 15.2. The second-order valence-corrected chi connectivity index (χ2v) is 14.6. The van der Waals surface area contributed by atoms with E-state index in [0.717, 1.165) is 28.6 Å². The van der Waals surface area contributed by atoms with Crippen molar-refractivity contribution in [2.75, 3.05) is 0 Å². The minimum absolute atomic E-state index is 0.211. The van der Waals surface area contributed by atoms with Crippen LogP contribution in [-0.4, -0.2) is 19.4 Å². The minimum atomic E-state index is -0.211. The lowest BCUT2D eigenvalue weighted by molar-refractivity contribution is -0.643. The maximum Gasteiger partial charge on any atom is 0.224 e. The third-order valence-corrected chi connectivity index (χ3v) is 9.18. The zero-order valence-corrected chi connectivity index (χ0v) is 27.3. The normalized spacial score (nSPS) is 12.9. The third kappa shape index (κ3) is 4.06. The van der Waals surface area contributed by atoms with E-state index in [-0.39, 0.29) is 10.8 Å². The fraction of sp³-hybridized carbons (Fsp3) is 0.250. The Balaban J connectivity index is 1.58. The van der Waals surface area contributed by atoms with Gasteiger partial charge < -0.3 is 4.40 Å². The Labute approximate surface area is 263 Å². The average molecular weight is 589 g/mol. The van der Waals surface area contributed by atoms with Crippen LogP contribution in [0, 0.1) is 6.92 Å². The summed E-state index contributed by atoms with van der Waals surface area (Å²) in [4.78, 5) is 15.2. The van der Waals surface area contributed by atoms with Gasteiger partial charge in [0.2, 0.25) is 5.52 Å². The van der Waals surface area contributed by atoms with E-state index in [0.29, 0.717) is 0 Å². The van der Waals surface area contributed by atoms with Gasteiger partial charge in [0.15, 0.2) is 12.0 Å². The van der Waals surface area contributed by atoms with E-state index in [2.05, 4.69) is 150 Å². The molecule has 222 valence electrons. The highest BCUT2D eigenvalue weighted by Crippen LogP contribution is 2.44. The van der Waals surface area contributed by atoms with E-state index >= 15 is 0 Å². The van der Waals surface area contributed by atoms with Gasteiger partial charge in [0.05, 0.1) is 27.3 Å². The minimum Gasteiger partial charge on any atom is -0.307 e. The van der Waals surface area contributed by atoms with Crippen molar-refractivity contribution in [1.29, 1.82) is 0 Å². The number of aryl methyl sites for hydroxylation is 2. The number of rotatable bonds is 2. The van der Waals surface area contributed by atoms with Crippen molar-refractivity contribution in [2.24, 2.45) is 7.05 Å². The zero-order valence-electron chi connectivity index (χ0n) is 27.3. The first-order valence-electron chi connectivity index (χ1n) is 15.8. The number of hydrogen-bond donors (Lipinski definition) is 0. The van der Waals surface area contributed by atoms with Crippen LogP contribution in [0.3, 0.4) is 0 Å². The van der Waals surface area contributed by atoms with Gasteiger partial charge in [-0.3, -0.25) is 0 Å². The molecule has 0 spiro atoms. The predicted molar refractivity (Wildman–Crippen MR) is 186 cm³/mol. The van der Waals surface area contributed by atoms with Crippen molar-refractivity contribution in [3.8, 4) is 22.5 Å². The van der Waals surface area contributed by atoms with E-state index in [4.69, 9.17) is 15.0 Å². The van der Waals surface area contributed by atoms with Crippen molar-refractivity contribution >= 4 is 49.0 Å². The molecule has 0 amide bonds. The molecule has 45 heavy (non-hydrogen) atoms. The van der Waals surface area contributed by atoms with Crippen molar-refractivity contribution in [2.45, 2.75) is 59.3 Å². The highest BCUT2D eigenvalue weighted by molar-refractivity contribution is 6.28. The molecule has 0 aliphatic carbocycles. The standard InChI is InChI=1S/C40H38N5/c1-23-17-18-28-33-27(24-13-10-9-11-14-24)15-12-16-29(33)45-30-22-26(21-25-19-20-44(8)35(32(25)30)31(23)34(28)45)36-41-37(39(2,3)4)43-38(42-36)40(5,6)7/h9-22H,1-8H3/q+1. The van der Waals surface area contributed by atoms with E-state index in [1.54, 1.807) is 0 Å². The molecule has 0 saturated carbocycles. The largest absolute Gasteiger partial charge is 0.307 e. The average Bonchev–Trinajstić information content (AvgIpc) is 3.35. The second kappa shape index (κ2) is 9.31. The fourth-order valence-corrected chi connectivity index (χ4v) is 6.93. The van der Waals surface area contributed by atoms with E-state index in [1.165, 1.54) is 60.2 Å². The van der Waals surface area contributed by atoms with E-state index in [1.807, 2.05) is 0 Å². The molecule has 0 aliphatic heterocycles. The van der Waals surface area contributed by atoms with Gasteiger partial charge in [-0.15, -0.1) is 0 Å². The molecule has 0 radical (unpaired) electrons. The fourth-order valence-electron chi connectivity index (χ4n) is 6.93. The molecular formula is C40H38N5+. The Morgan fingerprint density at radius 1 is 0.644 bits per heavy atom. The number of fused-ring (bicyclic) bond motifs is 5. The SMILES string of the molecule is Cc1ccc2c3c(-c4ccccc4)cccc3n3c4cc(-c5nc(C(C)(C)C)nc(C(C)(C)C)n5)cc5cc[n+](C)c(c1c23)c54. The Hall–Kier alpha value is -4.90. The lowest BCUT2D eigenvalue weighted by Crippen LogP contribution is -2.29. The van der Waals surface area contributed by atoms with Gasteiger partial charge in [-0.1, -0.05) is 96.1 Å². The molecular weight excluding hydrogens is 550 g/mol. The summed E-state index contributed by atoms with van der Waals surface area (Å²) < 4.78 is 4.78. The summed E-state index contributed by atoms with van der Waals surface area (Å²) in [5.74, 6) is 2.35. The Kier molecular flexibility index (Phi) is 5.71. The third-order valence-electron chi connectivity index (χ3n) is 9.18. The van der Waals surface area contributed by atoms with Gasteiger partial charge in [-0.2, -0.15) is 0 Å². The van der Waals surface area contributed by atoms with Crippen molar-refractivity contribution in [1.82, 2.24) is 19.4 Å². The molecule has 4 aromatic carbocycles. The summed E-state index contributed by atoms with van der Waals surface area (Å²) in [7, 11) is 2.16. The number of nitrogens with zero attached hydrogens (tertiary/aromatic N) is 5. The zero-order chi connectivity index (χ0) is 31.4. The molecule has 0 fully saturated rings. The summed E-state index contributed by atoms with van der Waals surface area (Å²) in [6, 6.07) is 28.9. The quantitative estimate of drug-likeness (QED) is 0.115. The smallest absolute Gasteiger partial charge is 0.224 e. The van der Waals surface area contributed by atoms with Crippen LogP contribution in [0.1, 0.15) is 58.8 Å². The molecule has 0 aliphatic rings. The molecule has 0 bridgehead atoms. The van der Waals surface area contributed by atoms with Crippen molar-refractivity contribution < 1.29 is 4.57 Å². The van der Waals surface area contributed by atoms with Crippen LogP contribution < -0.4 is 4.57 Å². The van der Waals surface area contributed by atoms with Crippen molar-refractivity contribution in [3.63, 3.8) is 0 Å². The van der Waals surface area contributed by atoms with Crippen molar-refractivity contribution in [3.05, 3.63) is 102 Å². The van der Waals surface area contributed by atoms with Crippen LogP contribution in [0.4, 0.5) is 0 Å². The number of benzene rings is 4. The lowest BCUT2D eigenvalue weighted by Gasteiger charge is -2.23. The molecule has 4 aromatic heterocycles. The van der Waals surface area contributed by atoms with E-state index in [9.17, 15) is 0 Å². The molecule has 0 atom stereocenters. The molecule has 0 unspecified atom stereocenters. The number of aromatic nitrogens is 5. The molecule has 4 heterocycles. The second-order valence-electron chi connectivity index (χ2n) is 14.6. The molecule has 5 nitrogen and oxygen atoms in total. The van der Waals surface area contributed by atoms with Gasteiger partial charge in [0.1, 0.15) is 18.7 Å². The predicted octanol–water partition coefficient (Wildman–Crippen LogP) is 9.24. The molecule has 5 heteroatoms. The van der Waals surface area contributed by atoms with Crippen LogP contribution in [-0.2, 0) is 17.9 Å². The maximum atomic E-state index is 5.10. The van der Waals surface area contributed by atoms with Gasteiger partial charge >= 0.3 is 0 Å². The van der Waals surface area contributed by atoms with E-state index < -0.39 is 0 Å². The van der Waals surface area contributed by atoms with Crippen LogP contribution in [0.25, 0.3) is 71.5 Å².